The van der Waals surface area contributed by atoms with Crippen LogP contribution < -0.4 is 0 Å². The van der Waals surface area contributed by atoms with Crippen molar-refractivity contribution in [2.24, 2.45) is 0 Å². The first kappa shape index (κ1) is 17.7. The molecule has 0 N–H and O–H groups in total. The molecule has 0 fully saturated rings. The Bertz CT molecular complexity index is 822. The summed E-state index contributed by atoms with van der Waals surface area (Å²) in [6.07, 6.45) is -5.38. The van der Waals surface area contributed by atoms with Gasteiger partial charge in [0.2, 0.25) is 5.82 Å². The topological polar surface area (TPSA) is 36.7 Å². The molecular formula is C14H4F8N2. The quantitative estimate of drug-likeness (QED) is 0.452. The zero-order chi connectivity index (χ0) is 18.2. The summed E-state index contributed by atoms with van der Waals surface area (Å²) in [5.41, 5.74) is -4.61. The molecule has 24 heavy (non-hydrogen) atoms. The summed E-state index contributed by atoms with van der Waals surface area (Å²) in [5.74, 6) is -11.7. The van der Waals surface area contributed by atoms with Crippen molar-refractivity contribution < 1.29 is 35.1 Å². The maximum absolute atomic E-state index is 13.8. The van der Waals surface area contributed by atoms with Crippen molar-refractivity contribution in [1.29, 1.82) is 5.26 Å². The molecule has 0 radical (unpaired) electrons. The Labute approximate surface area is 129 Å². The van der Waals surface area contributed by atoms with E-state index in [1.165, 1.54) is 6.07 Å². The Hall–Kier alpha value is -2.70. The molecule has 2 aromatic rings. The predicted octanol–water partition coefficient (Wildman–Crippen LogP) is 4.53. The van der Waals surface area contributed by atoms with Gasteiger partial charge in [0.05, 0.1) is 29.3 Å². The number of aromatic nitrogens is 1. The fourth-order valence-electron chi connectivity index (χ4n) is 1.92. The molecule has 0 saturated heterocycles. The van der Waals surface area contributed by atoms with E-state index in [2.05, 4.69) is 4.98 Å². The Morgan fingerprint density at radius 3 is 1.88 bits per heavy atom. The number of pyridine rings is 1. The standard InChI is InChI=1S/C14H4F8N2/c15-9-8(10(16)12(18)13(19)11(9)17)6-3-5(14(20,21)22)4-24-7(6)1-2-23/h3-4H,1H2. The third kappa shape index (κ3) is 2.89. The van der Waals surface area contributed by atoms with Crippen LogP contribution in [0.15, 0.2) is 12.3 Å². The summed E-state index contributed by atoms with van der Waals surface area (Å²) in [6, 6.07) is 1.66. The summed E-state index contributed by atoms with van der Waals surface area (Å²) in [5, 5.41) is 8.60. The van der Waals surface area contributed by atoms with Crippen molar-refractivity contribution in [3.05, 3.63) is 52.6 Å². The molecule has 0 unspecified atom stereocenters. The Morgan fingerprint density at radius 1 is 0.917 bits per heavy atom. The normalized spacial score (nSPS) is 11.5. The van der Waals surface area contributed by atoms with E-state index in [-0.39, 0.29) is 6.07 Å². The SMILES string of the molecule is N#CCc1ncc(C(F)(F)F)cc1-c1c(F)c(F)c(F)c(F)c1F. The van der Waals surface area contributed by atoms with Gasteiger partial charge in [-0.05, 0) is 6.07 Å². The van der Waals surface area contributed by atoms with Gasteiger partial charge in [-0.1, -0.05) is 0 Å². The van der Waals surface area contributed by atoms with Crippen LogP contribution in [0.3, 0.4) is 0 Å². The van der Waals surface area contributed by atoms with Gasteiger partial charge in [-0.3, -0.25) is 4.98 Å². The fourth-order valence-corrected chi connectivity index (χ4v) is 1.92. The van der Waals surface area contributed by atoms with Crippen molar-refractivity contribution in [3.63, 3.8) is 0 Å². The Morgan fingerprint density at radius 2 is 1.42 bits per heavy atom. The monoisotopic (exact) mass is 352 g/mol. The van der Waals surface area contributed by atoms with Crippen molar-refractivity contribution >= 4 is 0 Å². The average molecular weight is 352 g/mol. The maximum atomic E-state index is 13.8. The van der Waals surface area contributed by atoms with Crippen LogP contribution in [-0.2, 0) is 12.6 Å². The van der Waals surface area contributed by atoms with Crippen molar-refractivity contribution in [3.8, 4) is 17.2 Å². The van der Waals surface area contributed by atoms with Gasteiger partial charge < -0.3 is 0 Å². The molecule has 0 aliphatic carbocycles. The van der Waals surface area contributed by atoms with E-state index in [1.54, 1.807) is 0 Å². The van der Waals surface area contributed by atoms with Gasteiger partial charge in [-0.25, -0.2) is 22.0 Å². The lowest BCUT2D eigenvalue weighted by atomic mass is 9.98. The number of rotatable bonds is 2. The molecule has 1 aromatic carbocycles. The van der Waals surface area contributed by atoms with Gasteiger partial charge in [-0.2, -0.15) is 18.4 Å². The Balaban J connectivity index is 2.88. The van der Waals surface area contributed by atoms with Crippen LogP contribution in [0, 0.1) is 40.4 Å². The number of hydrogen-bond acceptors (Lipinski definition) is 2. The van der Waals surface area contributed by atoms with Gasteiger partial charge in [0, 0.05) is 11.8 Å². The van der Waals surface area contributed by atoms with Crippen LogP contribution in [0.5, 0.6) is 0 Å². The molecule has 0 aliphatic heterocycles. The van der Waals surface area contributed by atoms with Gasteiger partial charge in [0.25, 0.3) is 0 Å². The largest absolute Gasteiger partial charge is 0.417 e. The number of nitrogens with zero attached hydrogens (tertiary/aromatic N) is 2. The molecule has 126 valence electrons. The van der Waals surface area contributed by atoms with Gasteiger partial charge in [-0.15, -0.1) is 0 Å². The molecule has 1 aromatic heterocycles. The smallest absolute Gasteiger partial charge is 0.259 e. The molecule has 0 amide bonds. The van der Waals surface area contributed by atoms with Gasteiger partial charge >= 0.3 is 6.18 Å². The van der Waals surface area contributed by atoms with Crippen LogP contribution in [0.25, 0.3) is 11.1 Å². The highest BCUT2D eigenvalue weighted by Gasteiger charge is 2.34. The molecule has 0 bridgehead atoms. The zero-order valence-corrected chi connectivity index (χ0v) is 11.3. The molecule has 0 saturated carbocycles. The van der Waals surface area contributed by atoms with Crippen LogP contribution in [0.4, 0.5) is 35.1 Å². The lowest BCUT2D eigenvalue weighted by Crippen LogP contribution is -2.10. The first-order valence-electron chi connectivity index (χ1n) is 6.04. The van der Waals surface area contributed by atoms with Gasteiger partial charge in [0.15, 0.2) is 23.3 Å². The number of nitriles is 1. The fraction of sp³-hybridized carbons (Fsp3) is 0.143. The molecule has 0 spiro atoms. The summed E-state index contributed by atoms with van der Waals surface area (Å²) >= 11 is 0. The molecule has 10 heteroatoms. The second-order valence-electron chi connectivity index (χ2n) is 4.50. The second kappa shape index (κ2) is 6.07. The van der Waals surface area contributed by atoms with E-state index in [1.807, 2.05) is 0 Å². The highest BCUT2D eigenvalue weighted by molar-refractivity contribution is 5.69. The van der Waals surface area contributed by atoms with E-state index < -0.39 is 64.1 Å². The molecule has 2 nitrogen and oxygen atoms in total. The van der Waals surface area contributed by atoms with Crippen LogP contribution in [-0.4, -0.2) is 4.98 Å². The average Bonchev–Trinajstić information content (AvgIpc) is 2.52. The minimum Gasteiger partial charge on any atom is -0.259 e. The molecule has 2 rings (SSSR count). The molecular weight excluding hydrogens is 348 g/mol. The highest BCUT2D eigenvalue weighted by atomic mass is 19.4. The second-order valence-corrected chi connectivity index (χ2v) is 4.50. The molecule has 0 atom stereocenters. The van der Waals surface area contributed by atoms with E-state index >= 15 is 0 Å². The number of halogens is 8. The van der Waals surface area contributed by atoms with Crippen LogP contribution >= 0.6 is 0 Å². The third-order valence-electron chi connectivity index (χ3n) is 3.02. The predicted molar refractivity (Wildman–Crippen MR) is 63.8 cm³/mol. The van der Waals surface area contributed by atoms with Crippen molar-refractivity contribution in [2.75, 3.05) is 0 Å². The van der Waals surface area contributed by atoms with E-state index in [0.717, 1.165) is 0 Å². The summed E-state index contributed by atoms with van der Waals surface area (Å²) < 4.78 is 105. The molecule has 1 heterocycles. The highest BCUT2D eigenvalue weighted by Crippen LogP contribution is 2.37. The van der Waals surface area contributed by atoms with Crippen molar-refractivity contribution in [2.45, 2.75) is 12.6 Å². The lowest BCUT2D eigenvalue weighted by molar-refractivity contribution is -0.137. The minimum absolute atomic E-state index is 0.179. The van der Waals surface area contributed by atoms with Crippen LogP contribution in [0.2, 0.25) is 0 Å². The minimum atomic E-state index is -4.98. The van der Waals surface area contributed by atoms with Gasteiger partial charge in [0.1, 0.15) is 0 Å². The van der Waals surface area contributed by atoms with E-state index in [9.17, 15) is 35.1 Å². The number of benzene rings is 1. The molecule has 0 aliphatic rings. The van der Waals surface area contributed by atoms with E-state index in [4.69, 9.17) is 5.26 Å². The number of hydrogen-bond donors (Lipinski definition) is 0. The van der Waals surface area contributed by atoms with E-state index in [0.29, 0.717) is 6.20 Å². The number of alkyl halides is 3. The lowest BCUT2D eigenvalue weighted by Gasteiger charge is -2.14. The third-order valence-corrected chi connectivity index (χ3v) is 3.02. The maximum Gasteiger partial charge on any atom is 0.417 e. The zero-order valence-electron chi connectivity index (χ0n) is 11.3. The summed E-state index contributed by atoms with van der Waals surface area (Å²) in [7, 11) is 0. The Kier molecular flexibility index (Phi) is 4.46. The summed E-state index contributed by atoms with van der Waals surface area (Å²) in [4.78, 5) is 3.26. The first-order valence-corrected chi connectivity index (χ1v) is 6.04. The first-order chi connectivity index (χ1) is 11.1. The van der Waals surface area contributed by atoms with Crippen molar-refractivity contribution in [1.82, 2.24) is 4.98 Å². The summed E-state index contributed by atoms with van der Waals surface area (Å²) in [6.45, 7) is 0. The van der Waals surface area contributed by atoms with Crippen LogP contribution in [0.1, 0.15) is 11.3 Å².